The number of fused-ring (bicyclic) bond motifs is 1. The molecule has 28 heavy (non-hydrogen) atoms. The quantitative estimate of drug-likeness (QED) is 0.487. The lowest BCUT2D eigenvalue weighted by atomic mass is 10.2. The van der Waals surface area contributed by atoms with Gasteiger partial charge in [0.2, 0.25) is 0 Å². The lowest BCUT2D eigenvalue weighted by Crippen LogP contribution is -2.11. The first-order chi connectivity index (χ1) is 13.6. The van der Waals surface area contributed by atoms with Gasteiger partial charge in [0.1, 0.15) is 11.6 Å². The third-order valence-electron chi connectivity index (χ3n) is 4.09. The van der Waals surface area contributed by atoms with Crippen LogP contribution < -0.4 is 15.0 Å². The third kappa shape index (κ3) is 3.33. The van der Waals surface area contributed by atoms with Crippen LogP contribution in [0.4, 0.5) is 0 Å². The average Bonchev–Trinajstić information content (AvgIpc) is 3.34. The number of furan rings is 1. The molecule has 1 N–H and O–H groups in total. The zero-order valence-electron chi connectivity index (χ0n) is 15.3. The predicted octanol–water partition coefficient (Wildman–Crippen LogP) is 3.18. The second-order valence-corrected chi connectivity index (χ2v) is 6.72. The molecule has 10 heteroatoms. The monoisotopic (exact) mass is 400 g/mol. The summed E-state index contributed by atoms with van der Waals surface area (Å²) in [7, 11) is 3.04. The van der Waals surface area contributed by atoms with Gasteiger partial charge in [-0.05, 0) is 19.1 Å². The van der Waals surface area contributed by atoms with E-state index >= 15 is 0 Å². The van der Waals surface area contributed by atoms with Crippen LogP contribution in [0.1, 0.15) is 11.6 Å². The summed E-state index contributed by atoms with van der Waals surface area (Å²) in [5.74, 6) is 2.89. The van der Waals surface area contributed by atoms with E-state index in [1.165, 1.54) is 26.0 Å². The number of aromatic nitrogens is 4. The molecule has 0 saturated heterocycles. The van der Waals surface area contributed by atoms with Crippen LogP contribution in [-0.4, -0.2) is 34.4 Å². The van der Waals surface area contributed by atoms with Crippen LogP contribution in [0.3, 0.4) is 0 Å². The van der Waals surface area contributed by atoms with E-state index in [1.807, 2.05) is 6.92 Å². The molecule has 3 aromatic heterocycles. The maximum Gasteiger partial charge on any atom is 0.277 e. The standard InChI is InChI=1S/C18H16N4O5S/c1-9-10(4-5-26-9)17-21-22-18(27-17)28-8-15-19-12-7-14(25-3)13(24-2)6-11(12)16(23)20-15/h4-7H,8H2,1-3H3,(H,19,20,23). The number of thioether (sulfide) groups is 1. The molecule has 3 heterocycles. The van der Waals surface area contributed by atoms with Gasteiger partial charge in [-0.1, -0.05) is 11.8 Å². The smallest absolute Gasteiger partial charge is 0.277 e. The van der Waals surface area contributed by atoms with Crippen molar-refractivity contribution in [1.29, 1.82) is 0 Å². The van der Waals surface area contributed by atoms with Gasteiger partial charge in [0.25, 0.3) is 16.7 Å². The summed E-state index contributed by atoms with van der Waals surface area (Å²) >= 11 is 1.27. The summed E-state index contributed by atoms with van der Waals surface area (Å²) in [6.45, 7) is 1.82. The molecule has 4 aromatic rings. The SMILES string of the molecule is COc1cc2nc(CSc3nnc(-c4ccoc4C)o3)[nH]c(=O)c2cc1OC. The summed E-state index contributed by atoms with van der Waals surface area (Å²) in [5.41, 5.74) is 0.997. The molecule has 0 unspecified atom stereocenters. The molecule has 0 aliphatic carbocycles. The number of methoxy groups -OCH3 is 2. The predicted molar refractivity (Wildman–Crippen MR) is 102 cm³/mol. The number of aryl methyl sites for hydroxylation is 1. The van der Waals surface area contributed by atoms with E-state index in [0.717, 1.165) is 5.56 Å². The number of nitrogens with zero attached hydrogens (tertiary/aromatic N) is 3. The van der Waals surface area contributed by atoms with Crippen molar-refractivity contribution in [2.24, 2.45) is 0 Å². The molecule has 0 saturated carbocycles. The van der Waals surface area contributed by atoms with Gasteiger partial charge in [0.15, 0.2) is 11.5 Å². The Balaban J connectivity index is 1.58. The van der Waals surface area contributed by atoms with Crippen LogP contribution in [0.2, 0.25) is 0 Å². The molecule has 1 aromatic carbocycles. The van der Waals surface area contributed by atoms with Gasteiger partial charge in [-0.15, -0.1) is 10.2 Å². The Labute approximate surface area is 163 Å². The van der Waals surface area contributed by atoms with E-state index in [4.69, 9.17) is 18.3 Å². The topological polar surface area (TPSA) is 116 Å². The van der Waals surface area contributed by atoms with Gasteiger partial charge in [-0.2, -0.15) is 0 Å². The second-order valence-electron chi connectivity index (χ2n) is 5.79. The van der Waals surface area contributed by atoms with Crippen LogP contribution in [0.15, 0.2) is 43.3 Å². The van der Waals surface area contributed by atoms with Gasteiger partial charge in [0.05, 0.1) is 42.7 Å². The molecule has 4 rings (SSSR count). The molecule has 0 atom stereocenters. The van der Waals surface area contributed by atoms with Gasteiger partial charge in [0, 0.05) is 6.07 Å². The van der Waals surface area contributed by atoms with E-state index in [9.17, 15) is 4.79 Å². The minimum Gasteiger partial charge on any atom is -0.493 e. The molecule has 0 aliphatic rings. The Morgan fingerprint density at radius 1 is 1.18 bits per heavy atom. The number of hydrogen-bond donors (Lipinski definition) is 1. The summed E-state index contributed by atoms with van der Waals surface area (Å²) in [6, 6.07) is 5.04. The van der Waals surface area contributed by atoms with Crippen molar-refractivity contribution in [2.45, 2.75) is 17.9 Å². The van der Waals surface area contributed by atoms with Crippen LogP contribution in [0.5, 0.6) is 11.5 Å². The van der Waals surface area contributed by atoms with Crippen molar-refractivity contribution < 1.29 is 18.3 Å². The molecule has 0 fully saturated rings. The molecular formula is C18H16N4O5S. The lowest BCUT2D eigenvalue weighted by Gasteiger charge is -2.09. The molecule has 9 nitrogen and oxygen atoms in total. The zero-order chi connectivity index (χ0) is 19.7. The normalized spacial score (nSPS) is 11.1. The first-order valence-electron chi connectivity index (χ1n) is 8.24. The molecule has 0 bridgehead atoms. The maximum absolute atomic E-state index is 12.4. The van der Waals surface area contributed by atoms with E-state index in [2.05, 4.69) is 20.2 Å². The van der Waals surface area contributed by atoms with E-state index in [1.54, 1.807) is 24.5 Å². The zero-order valence-corrected chi connectivity index (χ0v) is 16.1. The third-order valence-corrected chi connectivity index (χ3v) is 4.92. The minimum absolute atomic E-state index is 0.262. The molecule has 0 aliphatic heterocycles. The first kappa shape index (κ1) is 18.1. The second kappa shape index (κ2) is 7.39. The highest BCUT2D eigenvalue weighted by atomic mass is 32.2. The molecule has 0 radical (unpaired) electrons. The van der Waals surface area contributed by atoms with Gasteiger partial charge in [-0.3, -0.25) is 4.79 Å². The Bertz CT molecular complexity index is 1200. The maximum atomic E-state index is 12.4. The van der Waals surface area contributed by atoms with Crippen molar-refractivity contribution in [1.82, 2.24) is 20.2 Å². The van der Waals surface area contributed by atoms with Crippen molar-refractivity contribution in [2.75, 3.05) is 14.2 Å². The van der Waals surface area contributed by atoms with Crippen molar-refractivity contribution in [3.8, 4) is 23.0 Å². The van der Waals surface area contributed by atoms with Gasteiger partial charge >= 0.3 is 0 Å². The Hall–Kier alpha value is -3.27. The summed E-state index contributed by atoms with van der Waals surface area (Å²) in [6.07, 6.45) is 1.56. The van der Waals surface area contributed by atoms with Crippen LogP contribution >= 0.6 is 11.8 Å². The number of ether oxygens (including phenoxy) is 2. The molecule has 0 amide bonds. The van der Waals surface area contributed by atoms with Crippen molar-refractivity contribution >= 4 is 22.7 Å². The van der Waals surface area contributed by atoms with Crippen LogP contribution in [0, 0.1) is 6.92 Å². The number of hydrogen-bond acceptors (Lipinski definition) is 9. The molecule has 144 valence electrons. The van der Waals surface area contributed by atoms with Gasteiger partial charge in [-0.25, -0.2) is 4.98 Å². The molecule has 0 spiro atoms. The average molecular weight is 400 g/mol. The fraction of sp³-hybridized carbons (Fsp3) is 0.222. The van der Waals surface area contributed by atoms with Crippen LogP contribution in [-0.2, 0) is 5.75 Å². The number of rotatable bonds is 6. The summed E-state index contributed by atoms with van der Waals surface area (Å²) < 4.78 is 21.4. The number of H-pyrrole nitrogens is 1. The Morgan fingerprint density at radius 3 is 2.68 bits per heavy atom. The number of aromatic amines is 1. The Morgan fingerprint density at radius 2 is 1.96 bits per heavy atom. The van der Waals surface area contributed by atoms with Crippen molar-refractivity contribution in [3.63, 3.8) is 0 Å². The highest BCUT2D eigenvalue weighted by molar-refractivity contribution is 7.98. The minimum atomic E-state index is -0.262. The van der Waals surface area contributed by atoms with Crippen molar-refractivity contribution in [3.05, 3.63) is 46.4 Å². The van der Waals surface area contributed by atoms with E-state index < -0.39 is 0 Å². The number of benzene rings is 1. The molecular weight excluding hydrogens is 384 g/mol. The summed E-state index contributed by atoms with van der Waals surface area (Å²) in [4.78, 5) is 19.7. The highest BCUT2D eigenvalue weighted by Gasteiger charge is 2.15. The fourth-order valence-electron chi connectivity index (χ4n) is 2.70. The summed E-state index contributed by atoms with van der Waals surface area (Å²) in [5, 5.41) is 8.82. The van der Waals surface area contributed by atoms with Crippen LogP contribution in [0.25, 0.3) is 22.4 Å². The Kier molecular flexibility index (Phi) is 4.78. The number of nitrogens with one attached hydrogen (secondary N) is 1. The van der Waals surface area contributed by atoms with Gasteiger partial charge < -0.3 is 23.3 Å². The first-order valence-corrected chi connectivity index (χ1v) is 9.23. The van der Waals surface area contributed by atoms with E-state index in [0.29, 0.717) is 50.9 Å². The van der Waals surface area contributed by atoms with E-state index in [-0.39, 0.29) is 5.56 Å². The lowest BCUT2D eigenvalue weighted by molar-refractivity contribution is 0.355. The highest BCUT2D eigenvalue weighted by Crippen LogP contribution is 2.31. The largest absolute Gasteiger partial charge is 0.493 e. The fourth-order valence-corrected chi connectivity index (χ4v) is 3.33.